The number of aromatic nitrogens is 2. The summed E-state index contributed by atoms with van der Waals surface area (Å²) >= 11 is 5.81. The summed E-state index contributed by atoms with van der Waals surface area (Å²) in [5.41, 5.74) is 2.02. The highest BCUT2D eigenvalue weighted by atomic mass is 35.5. The number of nitrogens with zero attached hydrogens (tertiary/aromatic N) is 1. The first-order valence-electron chi connectivity index (χ1n) is 5.10. The van der Waals surface area contributed by atoms with Gasteiger partial charge in [-0.15, -0.1) is 11.6 Å². The molecular weight excluding hydrogens is 210 g/mol. The van der Waals surface area contributed by atoms with Crippen molar-refractivity contribution < 1.29 is 0 Å². The Bertz CT molecular complexity index is 401. The third-order valence-corrected chi connectivity index (χ3v) is 2.78. The molecule has 1 aromatic heterocycles. The molecule has 80 valence electrons. The van der Waals surface area contributed by atoms with Gasteiger partial charge in [-0.2, -0.15) is 0 Å². The second-order valence-corrected chi connectivity index (χ2v) is 3.81. The van der Waals surface area contributed by atoms with Crippen LogP contribution in [0, 0.1) is 0 Å². The van der Waals surface area contributed by atoms with Gasteiger partial charge in [-0.1, -0.05) is 19.1 Å². The van der Waals surface area contributed by atoms with Crippen molar-refractivity contribution in [3.05, 3.63) is 24.3 Å². The van der Waals surface area contributed by atoms with E-state index in [1.807, 2.05) is 24.3 Å². The van der Waals surface area contributed by atoms with Gasteiger partial charge in [0, 0.05) is 11.9 Å². The van der Waals surface area contributed by atoms with Crippen LogP contribution in [0.2, 0.25) is 0 Å². The first kappa shape index (κ1) is 10.3. The van der Waals surface area contributed by atoms with Crippen LogP contribution in [-0.2, 0) is 0 Å². The normalized spacial score (nSPS) is 12.9. The van der Waals surface area contributed by atoms with Crippen LogP contribution in [0.15, 0.2) is 24.3 Å². The summed E-state index contributed by atoms with van der Waals surface area (Å²) in [5, 5.41) is 3.27. The van der Waals surface area contributed by atoms with Gasteiger partial charge in [0.2, 0.25) is 5.95 Å². The van der Waals surface area contributed by atoms with Gasteiger partial charge in [-0.25, -0.2) is 4.98 Å². The van der Waals surface area contributed by atoms with Crippen LogP contribution in [0.25, 0.3) is 11.0 Å². The van der Waals surface area contributed by atoms with E-state index in [2.05, 4.69) is 22.2 Å². The van der Waals surface area contributed by atoms with Crippen LogP contribution in [-0.4, -0.2) is 21.9 Å². The topological polar surface area (TPSA) is 40.7 Å². The van der Waals surface area contributed by atoms with E-state index in [9.17, 15) is 0 Å². The van der Waals surface area contributed by atoms with Gasteiger partial charge in [0.15, 0.2) is 0 Å². The number of halogens is 1. The third kappa shape index (κ3) is 2.23. The molecular formula is C11H14ClN3. The molecule has 0 aliphatic rings. The molecule has 2 aromatic rings. The number of alkyl halides is 1. The Morgan fingerprint density at radius 1 is 1.47 bits per heavy atom. The average molecular weight is 224 g/mol. The van der Waals surface area contributed by atoms with E-state index in [1.165, 1.54) is 0 Å². The number of aromatic amines is 1. The maximum absolute atomic E-state index is 5.81. The summed E-state index contributed by atoms with van der Waals surface area (Å²) in [6.45, 7) is 2.10. The minimum Gasteiger partial charge on any atom is -0.352 e. The van der Waals surface area contributed by atoms with Crippen LogP contribution in [0.1, 0.15) is 13.3 Å². The molecule has 0 fully saturated rings. The number of para-hydroxylation sites is 2. The number of nitrogens with one attached hydrogen (secondary N) is 2. The smallest absolute Gasteiger partial charge is 0.201 e. The lowest BCUT2D eigenvalue weighted by Crippen LogP contribution is -2.20. The molecule has 1 unspecified atom stereocenters. The van der Waals surface area contributed by atoms with Crippen LogP contribution in [0.3, 0.4) is 0 Å². The van der Waals surface area contributed by atoms with Crippen molar-refractivity contribution in [3.63, 3.8) is 0 Å². The van der Waals surface area contributed by atoms with E-state index in [0.29, 0.717) is 5.88 Å². The predicted octanol–water partition coefficient (Wildman–Crippen LogP) is 2.99. The minimum absolute atomic E-state index is 0.271. The van der Waals surface area contributed by atoms with Gasteiger partial charge >= 0.3 is 0 Å². The van der Waals surface area contributed by atoms with E-state index < -0.39 is 0 Å². The molecule has 0 amide bonds. The van der Waals surface area contributed by atoms with Crippen molar-refractivity contribution in [3.8, 4) is 0 Å². The molecule has 2 rings (SSSR count). The molecule has 1 atom stereocenters. The second-order valence-electron chi connectivity index (χ2n) is 3.51. The fourth-order valence-electron chi connectivity index (χ4n) is 1.46. The van der Waals surface area contributed by atoms with E-state index >= 15 is 0 Å². The lowest BCUT2D eigenvalue weighted by Gasteiger charge is -2.11. The van der Waals surface area contributed by atoms with Gasteiger partial charge in [0.1, 0.15) is 0 Å². The monoisotopic (exact) mass is 223 g/mol. The van der Waals surface area contributed by atoms with Crippen molar-refractivity contribution in [1.29, 1.82) is 0 Å². The Balaban J connectivity index is 2.21. The van der Waals surface area contributed by atoms with Gasteiger partial charge in [0.05, 0.1) is 11.0 Å². The molecule has 3 nitrogen and oxygen atoms in total. The first-order chi connectivity index (χ1) is 7.33. The molecule has 0 spiro atoms. The number of rotatable bonds is 4. The molecule has 0 aliphatic carbocycles. The summed E-state index contributed by atoms with van der Waals surface area (Å²) in [7, 11) is 0. The minimum atomic E-state index is 0.271. The largest absolute Gasteiger partial charge is 0.352 e. The molecule has 2 N–H and O–H groups in total. The summed E-state index contributed by atoms with van der Waals surface area (Å²) < 4.78 is 0. The standard InChI is InChI=1S/C11H14ClN3/c1-2-8(7-12)13-11-14-9-5-3-4-6-10(9)15-11/h3-6,8H,2,7H2,1H3,(H2,13,14,15). The molecule has 15 heavy (non-hydrogen) atoms. The number of H-pyrrole nitrogens is 1. The fourth-order valence-corrected chi connectivity index (χ4v) is 1.76. The first-order valence-corrected chi connectivity index (χ1v) is 5.64. The number of benzene rings is 1. The molecule has 1 aromatic carbocycles. The van der Waals surface area contributed by atoms with Crippen molar-refractivity contribution in [1.82, 2.24) is 9.97 Å². The van der Waals surface area contributed by atoms with Crippen molar-refractivity contribution in [2.45, 2.75) is 19.4 Å². The van der Waals surface area contributed by atoms with Crippen LogP contribution in [0.4, 0.5) is 5.95 Å². The second kappa shape index (κ2) is 4.53. The summed E-state index contributed by atoms with van der Waals surface area (Å²) in [6.07, 6.45) is 0.987. The van der Waals surface area contributed by atoms with E-state index in [1.54, 1.807) is 0 Å². The number of fused-ring (bicyclic) bond motifs is 1. The molecule has 0 saturated heterocycles. The number of hydrogen-bond donors (Lipinski definition) is 2. The SMILES string of the molecule is CCC(CCl)Nc1nc2ccccc2[nH]1. The number of hydrogen-bond acceptors (Lipinski definition) is 2. The van der Waals surface area contributed by atoms with Crippen LogP contribution < -0.4 is 5.32 Å². The maximum atomic E-state index is 5.81. The Hall–Kier alpha value is -1.22. The van der Waals surface area contributed by atoms with Crippen molar-refractivity contribution in [2.24, 2.45) is 0 Å². The zero-order valence-electron chi connectivity index (χ0n) is 8.63. The number of anilines is 1. The lowest BCUT2D eigenvalue weighted by atomic mass is 10.3. The predicted molar refractivity (Wildman–Crippen MR) is 64.5 cm³/mol. The highest BCUT2D eigenvalue weighted by molar-refractivity contribution is 6.18. The van der Waals surface area contributed by atoms with Crippen molar-refractivity contribution in [2.75, 3.05) is 11.2 Å². The van der Waals surface area contributed by atoms with Crippen LogP contribution in [0.5, 0.6) is 0 Å². The molecule has 4 heteroatoms. The number of imidazole rings is 1. The fraction of sp³-hybridized carbons (Fsp3) is 0.364. The van der Waals surface area contributed by atoms with Gasteiger partial charge < -0.3 is 10.3 Å². The Morgan fingerprint density at radius 3 is 2.93 bits per heavy atom. The Labute approximate surface area is 93.9 Å². The highest BCUT2D eigenvalue weighted by Crippen LogP contribution is 2.14. The Morgan fingerprint density at radius 2 is 2.27 bits per heavy atom. The summed E-state index contributed by atoms with van der Waals surface area (Å²) in [4.78, 5) is 7.64. The zero-order chi connectivity index (χ0) is 10.7. The molecule has 0 radical (unpaired) electrons. The quantitative estimate of drug-likeness (QED) is 0.783. The van der Waals surface area contributed by atoms with E-state index in [4.69, 9.17) is 11.6 Å². The lowest BCUT2D eigenvalue weighted by molar-refractivity contribution is 0.762. The summed E-state index contributed by atoms with van der Waals surface area (Å²) in [5.74, 6) is 1.39. The van der Waals surface area contributed by atoms with Gasteiger partial charge in [0.25, 0.3) is 0 Å². The highest BCUT2D eigenvalue weighted by Gasteiger charge is 2.07. The van der Waals surface area contributed by atoms with E-state index in [-0.39, 0.29) is 6.04 Å². The molecule has 0 aliphatic heterocycles. The molecule has 0 saturated carbocycles. The molecule has 1 heterocycles. The summed E-state index contributed by atoms with van der Waals surface area (Å²) in [6, 6.07) is 8.23. The van der Waals surface area contributed by atoms with Gasteiger partial charge in [-0.3, -0.25) is 0 Å². The van der Waals surface area contributed by atoms with Crippen LogP contribution >= 0.6 is 11.6 Å². The zero-order valence-corrected chi connectivity index (χ0v) is 9.38. The van der Waals surface area contributed by atoms with E-state index in [0.717, 1.165) is 23.4 Å². The average Bonchev–Trinajstić information content (AvgIpc) is 2.68. The van der Waals surface area contributed by atoms with Crippen molar-refractivity contribution >= 4 is 28.6 Å². The molecule has 0 bridgehead atoms. The van der Waals surface area contributed by atoms with Gasteiger partial charge in [-0.05, 0) is 18.6 Å². The third-order valence-electron chi connectivity index (χ3n) is 2.41. The maximum Gasteiger partial charge on any atom is 0.201 e. The Kier molecular flexibility index (Phi) is 3.11.